The molecule has 0 heterocycles. The van der Waals surface area contributed by atoms with E-state index in [0.717, 1.165) is 12.5 Å². The van der Waals surface area contributed by atoms with Gasteiger partial charge in [0.15, 0.2) is 0 Å². The predicted octanol–water partition coefficient (Wildman–Crippen LogP) is 4.52. The van der Waals surface area contributed by atoms with Gasteiger partial charge in [-0.1, -0.05) is 39.8 Å². The summed E-state index contributed by atoms with van der Waals surface area (Å²) < 4.78 is 0. The third kappa shape index (κ3) is 5.03. The lowest BCUT2D eigenvalue weighted by Gasteiger charge is -2.18. The number of benzene rings is 1. The third-order valence-electron chi connectivity index (χ3n) is 3.60. The van der Waals surface area contributed by atoms with Crippen LogP contribution in [-0.2, 0) is 0 Å². The zero-order valence-corrected chi connectivity index (χ0v) is 13.0. The van der Waals surface area contributed by atoms with Crippen LogP contribution in [0.1, 0.15) is 45.6 Å². The molecule has 1 aromatic carbocycles. The van der Waals surface area contributed by atoms with E-state index in [1.165, 1.54) is 22.6 Å². The highest BCUT2D eigenvalue weighted by molar-refractivity contribution is 7.99. The topological polar surface area (TPSA) is 26.0 Å². The summed E-state index contributed by atoms with van der Waals surface area (Å²) in [7, 11) is 0. The van der Waals surface area contributed by atoms with Gasteiger partial charge < -0.3 is 5.73 Å². The fourth-order valence-electron chi connectivity index (χ4n) is 1.81. The molecule has 1 nitrogen and oxygen atoms in total. The molecule has 0 amide bonds. The van der Waals surface area contributed by atoms with Crippen LogP contribution in [0.4, 0.5) is 0 Å². The molecule has 0 bridgehead atoms. The van der Waals surface area contributed by atoms with Crippen molar-refractivity contribution in [3.63, 3.8) is 0 Å². The number of hydrogen-bond acceptors (Lipinski definition) is 2. The Kier molecular flexibility index (Phi) is 6.80. The molecule has 2 N–H and O–H groups in total. The Morgan fingerprint density at radius 1 is 1.06 bits per heavy atom. The first-order valence-electron chi connectivity index (χ1n) is 6.97. The molecule has 0 saturated carbocycles. The van der Waals surface area contributed by atoms with E-state index in [9.17, 15) is 0 Å². The van der Waals surface area contributed by atoms with Crippen LogP contribution in [0.25, 0.3) is 0 Å². The minimum atomic E-state index is 0.546. The van der Waals surface area contributed by atoms with E-state index in [1.807, 2.05) is 11.8 Å². The molecule has 0 aliphatic carbocycles. The van der Waals surface area contributed by atoms with Gasteiger partial charge in [0.1, 0.15) is 0 Å². The van der Waals surface area contributed by atoms with Gasteiger partial charge >= 0.3 is 0 Å². The number of nitrogens with two attached hydrogens (primary N) is 1. The summed E-state index contributed by atoms with van der Waals surface area (Å²) in [4.78, 5) is 1.38. The highest BCUT2D eigenvalue weighted by Gasteiger charge is 2.12. The van der Waals surface area contributed by atoms with Gasteiger partial charge in [0.05, 0.1) is 0 Å². The average molecular weight is 265 g/mol. The van der Waals surface area contributed by atoms with Crippen molar-refractivity contribution in [2.45, 2.75) is 44.9 Å². The quantitative estimate of drug-likeness (QED) is 0.733. The number of thioether (sulfide) groups is 1. The predicted molar refractivity (Wildman–Crippen MR) is 83.3 cm³/mol. The van der Waals surface area contributed by atoms with Crippen molar-refractivity contribution >= 4 is 11.8 Å². The molecule has 0 aliphatic heterocycles. The van der Waals surface area contributed by atoms with Gasteiger partial charge in [-0.15, -0.1) is 11.8 Å². The molecule has 0 spiro atoms. The maximum absolute atomic E-state index is 5.73. The lowest BCUT2D eigenvalue weighted by molar-refractivity contribution is 0.499. The van der Waals surface area contributed by atoms with Crippen molar-refractivity contribution in [2.24, 2.45) is 17.6 Å². The van der Waals surface area contributed by atoms with Gasteiger partial charge in [-0.2, -0.15) is 0 Å². The van der Waals surface area contributed by atoms with Gasteiger partial charge in [0.25, 0.3) is 0 Å². The average Bonchev–Trinajstić information content (AvgIpc) is 2.37. The summed E-state index contributed by atoms with van der Waals surface area (Å²) in [6.45, 7) is 9.79. The molecule has 2 heteroatoms. The summed E-state index contributed by atoms with van der Waals surface area (Å²) in [5.74, 6) is 3.10. The Hall–Kier alpha value is -0.470. The molecule has 18 heavy (non-hydrogen) atoms. The second-order valence-corrected chi connectivity index (χ2v) is 6.77. The zero-order chi connectivity index (χ0) is 13.5. The summed E-state index contributed by atoms with van der Waals surface area (Å²) in [5.41, 5.74) is 7.13. The number of hydrogen-bond donors (Lipinski definition) is 1. The van der Waals surface area contributed by atoms with Gasteiger partial charge in [-0.25, -0.2) is 0 Å². The molecule has 0 saturated heterocycles. The maximum atomic E-state index is 5.73. The zero-order valence-electron chi connectivity index (χ0n) is 12.1. The standard InChI is InChI=1S/C16H27NS/c1-12(2)9-10-18-16-7-5-15(6-8-16)14(4)13(3)11-17/h5-8,12-14H,9-11,17H2,1-4H3. The molecular weight excluding hydrogens is 238 g/mol. The summed E-state index contributed by atoms with van der Waals surface area (Å²) in [6.07, 6.45) is 1.28. The van der Waals surface area contributed by atoms with Crippen LogP contribution in [0.3, 0.4) is 0 Å². The third-order valence-corrected chi connectivity index (χ3v) is 4.64. The van der Waals surface area contributed by atoms with Crippen molar-refractivity contribution in [2.75, 3.05) is 12.3 Å². The molecule has 1 aromatic rings. The summed E-state index contributed by atoms with van der Waals surface area (Å²) in [5, 5.41) is 0. The highest BCUT2D eigenvalue weighted by atomic mass is 32.2. The SMILES string of the molecule is CC(C)CCSc1ccc(C(C)C(C)CN)cc1. The van der Waals surface area contributed by atoms with E-state index in [2.05, 4.69) is 52.0 Å². The summed E-state index contributed by atoms with van der Waals surface area (Å²) in [6, 6.07) is 9.02. The first kappa shape index (κ1) is 15.6. The second kappa shape index (κ2) is 7.85. The van der Waals surface area contributed by atoms with Crippen LogP contribution in [0.15, 0.2) is 29.2 Å². The first-order chi connectivity index (χ1) is 8.54. The lowest BCUT2D eigenvalue weighted by Crippen LogP contribution is -2.16. The van der Waals surface area contributed by atoms with Gasteiger partial charge in [0.2, 0.25) is 0 Å². The molecule has 102 valence electrons. The van der Waals surface area contributed by atoms with E-state index in [4.69, 9.17) is 5.73 Å². The van der Waals surface area contributed by atoms with E-state index in [0.29, 0.717) is 11.8 Å². The Bertz CT molecular complexity index is 331. The molecule has 0 fully saturated rings. The Morgan fingerprint density at radius 2 is 1.67 bits per heavy atom. The van der Waals surface area contributed by atoms with E-state index < -0.39 is 0 Å². The van der Waals surface area contributed by atoms with Crippen LogP contribution < -0.4 is 5.73 Å². The first-order valence-corrected chi connectivity index (χ1v) is 7.96. The lowest BCUT2D eigenvalue weighted by atomic mass is 9.89. The largest absolute Gasteiger partial charge is 0.330 e. The minimum absolute atomic E-state index is 0.546. The van der Waals surface area contributed by atoms with Gasteiger partial charge in [-0.05, 0) is 54.2 Å². The smallest absolute Gasteiger partial charge is 0.00721 e. The Balaban J connectivity index is 2.52. The van der Waals surface area contributed by atoms with Gasteiger partial charge in [-0.3, -0.25) is 0 Å². The molecule has 2 atom stereocenters. The van der Waals surface area contributed by atoms with Gasteiger partial charge in [0, 0.05) is 4.90 Å². The van der Waals surface area contributed by atoms with Crippen LogP contribution in [0.5, 0.6) is 0 Å². The molecule has 0 aliphatic rings. The molecule has 2 unspecified atom stereocenters. The fourth-order valence-corrected chi connectivity index (χ4v) is 2.97. The molecule has 0 aromatic heterocycles. The minimum Gasteiger partial charge on any atom is -0.330 e. The van der Waals surface area contributed by atoms with Crippen LogP contribution in [0.2, 0.25) is 0 Å². The monoisotopic (exact) mass is 265 g/mol. The maximum Gasteiger partial charge on any atom is 0.00721 e. The van der Waals surface area contributed by atoms with Crippen molar-refractivity contribution in [3.05, 3.63) is 29.8 Å². The van der Waals surface area contributed by atoms with Crippen molar-refractivity contribution in [3.8, 4) is 0 Å². The normalized spacial score (nSPS) is 14.8. The van der Waals surface area contributed by atoms with Crippen LogP contribution in [-0.4, -0.2) is 12.3 Å². The van der Waals surface area contributed by atoms with Crippen LogP contribution in [0, 0.1) is 11.8 Å². The number of rotatable bonds is 7. The fraction of sp³-hybridized carbons (Fsp3) is 0.625. The molecule has 0 radical (unpaired) electrons. The molecular formula is C16H27NS. The highest BCUT2D eigenvalue weighted by Crippen LogP contribution is 2.26. The Morgan fingerprint density at radius 3 is 2.17 bits per heavy atom. The Labute approximate surface area is 117 Å². The van der Waals surface area contributed by atoms with Crippen molar-refractivity contribution < 1.29 is 0 Å². The summed E-state index contributed by atoms with van der Waals surface area (Å²) >= 11 is 1.96. The van der Waals surface area contributed by atoms with E-state index in [1.54, 1.807) is 0 Å². The second-order valence-electron chi connectivity index (χ2n) is 5.60. The van der Waals surface area contributed by atoms with Crippen molar-refractivity contribution in [1.82, 2.24) is 0 Å². The van der Waals surface area contributed by atoms with Crippen LogP contribution >= 0.6 is 11.8 Å². The van der Waals surface area contributed by atoms with Crippen molar-refractivity contribution in [1.29, 1.82) is 0 Å². The van der Waals surface area contributed by atoms with E-state index in [-0.39, 0.29) is 0 Å². The molecule has 1 rings (SSSR count). The van der Waals surface area contributed by atoms with E-state index >= 15 is 0 Å².